The summed E-state index contributed by atoms with van der Waals surface area (Å²) in [7, 11) is 0. The number of carboxylic acid groups (broad SMARTS) is 1. The molecule has 0 unspecified atom stereocenters. The fourth-order valence-electron chi connectivity index (χ4n) is 3.91. The molecular weight excluding hydrogens is 358 g/mol. The van der Waals surface area contributed by atoms with E-state index in [9.17, 15) is 19.5 Å². The van der Waals surface area contributed by atoms with E-state index in [0.717, 1.165) is 12.8 Å². The lowest BCUT2D eigenvalue weighted by Crippen LogP contribution is -2.47. The number of aliphatic carboxylic acids is 1. The van der Waals surface area contributed by atoms with Crippen molar-refractivity contribution in [2.24, 2.45) is 17.8 Å². The van der Waals surface area contributed by atoms with Crippen LogP contribution in [0, 0.1) is 17.8 Å². The zero-order valence-corrected chi connectivity index (χ0v) is 16.3. The summed E-state index contributed by atoms with van der Waals surface area (Å²) in [5.74, 6) is -1.19. The highest BCUT2D eigenvalue weighted by Crippen LogP contribution is 2.30. The number of benzene rings is 1. The Balaban J connectivity index is 1.59. The van der Waals surface area contributed by atoms with Crippen molar-refractivity contribution < 1.29 is 14.7 Å². The van der Waals surface area contributed by atoms with E-state index < -0.39 is 12.0 Å². The Kier molecular flexibility index (Phi) is 6.11. The van der Waals surface area contributed by atoms with Crippen LogP contribution in [-0.4, -0.2) is 32.6 Å². The lowest BCUT2D eigenvalue weighted by Gasteiger charge is -2.29. The molecule has 1 atom stereocenters. The van der Waals surface area contributed by atoms with E-state index in [4.69, 9.17) is 0 Å². The minimum atomic E-state index is -1.000. The highest BCUT2D eigenvalue weighted by Gasteiger charge is 2.30. The van der Waals surface area contributed by atoms with Crippen molar-refractivity contribution >= 4 is 22.8 Å². The van der Waals surface area contributed by atoms with Crippen LogP contribution in [0.3, 0.4) is 0 Å². The van der Waals surface area contributed by atoms with Crippen molar-refractivity contribution in [3.05, 3.63) is 40.9 Å². The molecule has 1 saturated carbocycles. The average molecular weight is 385 g/mol. The van der Waals surface area contributed by atoms with Crippen molar-refractivity contribution in [1.82, 2.24) is 14.9 Å². The summed E-state index contributed by atoms with van der Waals surface area (Å²) < 4.78 is 1.66. The maximum absolute atomic E-state index is 12.6. The number of carbonyl (C=O) groups is 2. The van der Waals surface area contributed by atoms with Gasteiger partial charge in [-0.15, -0.1) is 0 Å². The molecule has 1 aliphatic rings. The number of nitrogens with zero attached hydrogens (tertiary/aromatic N) is 2. The predicted molar refractivity (Wildman–Crippen MR) is 106 cm³/mol. The maximum atomic E-state index is 12.6. The van der Waals surface area contributed by atoms with E-state index in [-0.39, 0.29) is 23.3 Å². The molecule has 0 radical (unpaired) electrons. The lowest BCUT2D eigenvalue weighted by atomic mass is 9.81. The minimum Gasteiger partial charge on any atom is -0.480 e. The number of para-hydroxylation sites is 1. The highest BCUT2D eigenvalue weighted by atomic mass is 16.4. The Morgan fingerprint density at radius 2 is 1.89 bits per heavy atom. The number of rotatable bonds is 6. The van der Waals surface area contributed by atoms with Crippen LogP contribution < -0.4 is 10.9 Å². The van der Waals surface area contributed by atoms with Crippen molar-refractivity contribution in [3.63, 3.8) is 0 Å². The van der Waals surface area contributed by atoms with Crippen LogP contribution in [0.15, 0.2) is 35.4 Å². The minimum absolute atomic E-state index is 0.0355. The molecule has 3 rings (SSSR count). The molecule has 1 amide bonds. The first-order valence-corrected chi connectivity index (χ1v) is 9.84. The summed E-state index contributed by atoms with van der Waals surface area (Å²) in [5, 5.41) is 12.5. The van der Waals surface area contributed by atoms with Crippen LogP contribution in [0.2, 0.25) is 0 Å². The van der Waals surface area contributed by atoms with Gasteiger partial charge in [-0.3, -0.25) is 14.2 Å². The molecule has 28 heavy (non-hydrogen) atoms. The standard InChI is InChI=1S/C21H27N3O4/c1-13(2)18(21(27)28)23-19(25)15-9-7-14(8-10-15)11-24-12-22-17-6-4-3-5-16(17)20(24)26/h3-6,12-15,18H,7-11H2,1-2H3,(H,23,25)(H,27,28)/t14?,15?,18-/m1/s1. The maximum Gasteiger partial charge on any atom is 0.326 e. The quantitative estimate of drug-likeness (QED) is 0.795. The SMILES string of the molecule is CC(C)[C@@H](NC(=O)C1CCC(Cn2cnc3ccccc3c2=O)CC1)C(=O)O. The van der Waals surface area contributed by atoms with Crippen LogP contribution in [-0.2, 0) is 16.1 Å². The first-order valence-electron chi connectivity index (χ1n) is 9.84. The Hall–Kier alpha value is -2.70. The van der Waals surface area contributed by atoms with Crippen LogP contribution >= 0.6 is 0 Å². The smallest absolute Gasteiger partial charge is 0.326 e. The second-order valence-electron chi connectivity index (χ2n) is 8.01. The molecular formula is C21H27N3O4. The van der Waals surface area contributed by atoms with Crippen molar-refractivity contribution in [2.45, 2.75) is 52.1 Å². The van der Waals surface area contributed by atoms with Gasteiger partial charge in [0.1, 0.15) is 6.04 Å². The monoisotopic (exact) mass is 385 g/mol. The molecule has 1 aromatic heterocycles. The average Bonchev–Trinajstić information content (AvgIpc) is 2.68. The van der Waals surface area contributed by atoms with Gasteiger partial charge in [-0.05, 0) is 49.7 Å². The number of nitrogens with one attached hydrogen (secondary N) is 1. The van der Waals surface area contributed by atoms with Gasteiger partial charge in [-0.1, -0.05) is 26.0 Å². The molecule has 1 heterocycles. The molecule has 150 valence electrons. The molecule has 1 aliphatic carbocycles. The first-order chi connectivity index (χ1) is 13.4. The number of amides is 1. The van der Waals surface area contributed by atoms with Crippen LogP contribution in [0.4, 0.5) is 0 Å². The first kappa shape index (κ1) is 20.0. The van der Waals surface area contributed by atoms with Gasteiger partial charge in [0, 0.05) is 12.5 Å². The molecule has 1 aromatic carbocycles. The Morgan fingerprint density at radius 1 is 1.21 bits per heavy atom. The normalized spacial score (nSPS) is 20.8. The Labute approximate surface area is 163 Å². The van der Waals surface area contributed by atoms with E-state index in [1.54, 1.807) is 30.8 Å². The third-order valence-electron chi connectivity index (χ3n) is 5.63. The van der Waals surface area contributed by atoms with E-state index in [0.29, 0.717) is 36.2 Å². The molecule has 0 saturated heterocycles. The third-order valence-corrected chi connectivity index (χ3v) is 5.63. The van der Waals surface area contributed by atoms with Crippen molar-refractivity contribution in [3.8, 4) is 0 Å². The van der Waals surface area contributed by atoms with Crippen LogP contribution in [0.5, 0.6) is 0 Å². The lowest BCUT2D eigenvalue weighted by molar-refractivity contribution is -0.144. The summed E-state index contributed by atoms with van der Waals surface area (Å²) in [5.41, 5.74) is 0.661. The number of fused-ring (bicyclic) bond motifs is 1. The Bertz CT molecular complexity index is 913. The van der Waals surface area contributed by atoms with E-state index in [1.165, 1.54) is 0 Å². The van der Waals surface area contributed by atoms with Crippen molar-refractivity contribution in [2.75, 3.05) is 0 Å². The number of hydrogen-bond acceptors (Lipinski definition) is 4. The van der Waals surface area contributed by atoms with E-state index >= 15 is 0 Å². The molecule has 7 nitrogen and oxygen atoms in total. The molecule has 0 spiro atoms. The summed E-state index contributed by atoms with van der Waals surface area (Å²) >= 11 is 0. The van der Waals surface area contributed by atoms with Gasteiger partial charge >= 0.3 is 5.97 Å². The number of carbonyl (C=O) groups excluding carboxylic acids is 1. The molecule has 7 heteroatoms. The summed E-state index contributed by atoms with van der Waals surface area (Å²) in [6, 6.07) is 6.45. The number of carboxylic acids is 1. The van der Waals surface area contributed by atoms with Gasteiger partial charge in [0.25, 0.3) is 5.56 Å². The second kappa shape index (κ2) is 8.54. The molecule has 2 N–H and O–H groups in total. The van der Waals surface area contributed by atoms with Gasteiger partial charge in [0.2, 0.25) is 5.91 Å². The fourth-order valence-corrected chi connectivity index (χ4v) is 3.91. The van der Waals surface area contributed by atoms with Crippen LogP contribution in [0.1, 0.15) is 39.5 Å². The summed E-state index contributed by atoms with van der Waals surface area (Å²) in [6.45, 7) is 4.16. The zero-order chi connectivity index (χ0) is 20.3. The Morgan fingerprint density at radius 3 is 2.54 bits per heavy atom. The summed E-state index contributed by atoms with van der Waals surface area (Å²) in [4.78, 5) is 40.7. The topological polar surface area (TPSA) is 101 Å². The van der Waals surface area contributed by atoms with E-state index in [2.05, 4.69) is 10.3 Å². The fraction of sp³-hybridized carbons (Fsp3) is 0.524. The largest absolute Gasteiger partial charge is 0.480 e. The number of hydrogen-bond donors (Lipinski definition) is 2. The molecule has 0 bridgehead atoms. The van der Waals surface area contributed by atoms with Gasteiger partial charge in [0.15, 0.2) is 0 Å². The second-order valence-corrected chi connectivity index (χ2v) is 8.01. The van der Waals surface area contributed by atoms with Crippen molar-refractivity contribution in [1.29, 1.82) is 0 Å². The summed E-state index contributed by atoms with van der Waals surface area (Å²) in [6.07, 6.45) is 4.67. The molecule has 2 aromatic rings. The highest BCUT2D eigenvalue weighted by molar-refractivity contribution is 5.85. The zero-order valence-electron chi connectivity index (χ0n) is 16.3. The predicted octanol–water partition coefficient (Wildman–Crippen LogP) is 2.43. The van der Waals surface area contributed by atoms with Gasteiger partial charge in [-0.25, -0.2) is 9.78 Å². The molecule has 1 fully saturated rings. The van der Waals surface area contributed by atoms with Gasteiger partial charge in [0.05, 0.1) is 17.2 Å². The van der Waals surface area contributed by atoms with Gasteiger partial charge in [-0.2, -0.15) is 0 Å². The third kappa shape index (κ3) is 4.40. The molecule has 0 aliphatic heterocycles. The number of aromatic nitrogens is 2. The van der Waals surface area contributed by atoms with Gasteiger partial charge < -0.3 is 10.4 Å². The van der Waals surface area contributed by atoms with Crippen LogP contribution in [0.25, 0.3) is 10.9 Å². The van der Waals surface area contributed by atoms with E-state index in [1.807, 2.05) is 18.2 Å².